The summed E-state index contributed by atoms with van der Waals surface area (Å²) in [4.78, 5) is 0. The Morgan fingerprint density at radius 3 is 2.21 bits per heavy atom. The van der Waals surface area contributed by atoms with Crippen molar-refractivity contribution in [2.75, 3.05) is 32.9 Å². The second kappa shape index (κ2) is 9.70. The molecule has 0 bridgehead atoms. The molecule has 2 atom stereocenters. The van der Waals surface area contributed by atoms with E-state index < -0.39 is 6.10 Å². The summed E-state index contributed by atoms with van der Waals surface area (Å²) in [6, 6.07) is 0. The molecule has 0 fully saturated rings. The van der Waals surface area contributed by atoms with Crippen LogP contribution in [0.15, 0.2) is 0 Å². The molecule has 0 aliphatic rings. The highest BCUT2D eigenvalue weighted by Gasteiger charge is 2.19. The maximum absolute atomic E-state index is 9.75. The van der Waals surface area contributed by atoms with Crippen LogP contribution in [-0.4, -0.2) is 50.2 Å². The van der Waals surface area contributed by atoms with E-state index in [0.717, 1.165) is 6.54 Å². The summed E-state index contributed by atoms with van der Waals surface area (Å²) in [5, 5.41) is 13.0. The quantitative estimate of drug-likeness (QED) is 0.599. The number of aliphatic hydroxyl groups is 1. The highest BCUT2D eigenvalue weighted by Crippen LogP contribution is 2.24. The summed E-state index contributed by atoms with van der Waals surface area (Å²) in [6.45, 7) is 15.9. The lowest BCUT2D eigenvalue weighted by Gasteiger charge is -2.27. The van der Waals surface area contributed by atoms with Gasteiger partial charge < -0.3 is 19.9 Å². The molecule has 0 saturated carbocycles. The smallest absolute Gasteiger partial charge is 0.0897 e. The van der Waals surface area contributed by atoms with Crippen LogP contribution in [0.3, 0.4) is 0 Å². The Morgan fingerprint density at radius 2 is 1.68 bits per heavy atom. The van der Waals surface area contributed by atoms with Crippen LogP contribution < -0.4 is 5.32 Å². The van der Waals surface area contributed by atoms with Crippen molar-refractivity contribution in [3.63, 3.8) is 0 Å². The van der Waals surface area contributed by atoms with Crippen molar-refractivity contribution >= 4 is 0 Å². The van der Waals surface area contributed by atoms with Crippen LogP contribution in [0.25, 0.3) is 0 Å². The van der Waals surface area contributed by atoms with Crippen molar-refractivity contribution in [2.24, 2.45) is 11.3 Å². The Kier molecular flexibility index (Phi) is 9.62. The summed E-state index contributed by atoms with van der Waals surface area (Å²) < 4.78 is 10.7. The van der Waals surface area contributed by atoms with E-state index >= 15 is 0 Å². The van der Waals surface area contributed by atoms with Gasteiger partial charge in [-0.1, -0.05) is 27.7 Å². The molecule has 0 aromatic heterocycles. The minimum atomic E-state index is -0.453. The van der Waals surface area contributed by atoms with Gasteiger partial charge in [0.1, 0.15) is 0 Å². The third kappa shape index (κ3) is 11.4. The van der Waals surface area contributed by atoms with Crippen LogP contribution in [-0.2, 0) is 9.47 Å². The average Bonchev–Trinajstić information content (AvgIpc) is 2.26. The maximum atomic E-state index is 9.75. The van der Waals surface area contributed by atoms with E-state index in [1.165, 1.54) is 0 Å². The van der Waals surface area contributed by atoms with Gasteiger partial charge in [-0.2, -0.15) is 0 Å². The van der Waals surface area contributed by atoms with Crippen LogP contribution >= 0.6 is 0 Å². The van der Waals surface area contributed by atoms with Crippen molar-refractivity contribution in [2.45, 2.75) is 53.8 Å². The molecule has 0 aromatic carbocycles. The summed E-state index contributed by atoms with van der Waals surface area (Å²) in [5.74, 6) is 0.570. The van der Waals surface area contributed by atoms with Gasteiger partial charge in [-0.15, -0.1) is 0 Å². The molecule has 2 N–H and O–H groups in total. The Hall–Kier alpha value is -0.160. The largest absolute Gasteiger partial charge is 0.389 e. The van der Waals surface area contributed by atoms with Crippen molar-refractivity contribution in [3.8, 4) is 0 Å². The molecule has 0 aliphatic carbocycles. The normalized spacial score (nSPS) is 15.8. The molecular weight excluding hydrogens is 242 g/mol. The van der Waals surface area contributed by atoms with Crippen molar-refractivity contribution in [3.05, 3.63) is 0 Å². The van der Waals surface area contributed by atoms with Crippen LogP contribution in [0, 0.1) is 11.3 Å². The zero-order chi connectivity index (χ0) is 14.9. The number of hydrogen-bond acceptors (Lipinski definition) is 4. The lowest BCUT2D eigenvalue weighted by molar-refractivity contribution is -0.0103. The molecule has 0 spiro atoms. The van der Waals surface area contributed by atoms with E-state index in [4.69, 9.17) is 9.47 Å². The van der Waals surface area contributed by atoms with Gasteiger partial charge in [0.15, 0.2) is 0 Å². The van der Waals surface area contributed by atoms with E-state index in [2.05, 4.69) is 33.0 Å². The first-order valence-electron chi connectivity index (χ1n) is 7.31. The molecule has 2 unspecified atom stereocenters. The Morgan fingerprint density at radius 1 is 1.05 bits per heavy atom. The number of aliphatic hydroxyl groups excluding tert-OH is 1. The van der Waals surface area contributed by atoms with E-state index in [9.17, 15) is 5.11 Å². The average molecular weight is 275 g/mol. The summed E-state index contributed by atoms with van der Waals surface area (Å²) in [7, 11) is 0. The molecule has 0 amide bonds. The summed E-state index contributed by atoms with van der Waals surface area (Å²) in [6.07, 6.45) is -0.222. The molecular formula is C15H33NO3. The van der Waals surface area contributed by atoms with Gasteiger partial charge in [-0.05, 0) is 31.7 Å². The van der Waals surface area contributed by atoms with Crippen LogP contribution in [0.5, 0.6) is 0 Å². The third-order valence-electron chi connectivity index (χ3n) is 3.30. The van der Waals surface area contributed by atoms with E-state index in [1.807, 2.05) is 13.8 Å². The number of hydrogen-bond donors (Lipinski definition) is 2. The summed E-state index contributed by atoms with van der Waals surface area (Å²) >= 11 is 0. The van der Waals surface area contributed by atoms with Crippen molar-refractivity contribution in [1.82, 2.24) is 5.32 Å². The molecule has 0 aliphatic heterocycles. The molecule has 116 valence electrons. The first-order valence-corrected chi connectivity index (χ1v) is 7.31. The van der Waals surface area contributed by atoms with Gasteiger partial charge >= 0.3 is 0 Å². The predicted octanol–water partition coefficient (Wildman–Crippen LogP) is 2.06. The fourth-order valence-electron chi connectivity index (χ4n) is 1.39. The van der Waals surface area contributed by atoms with E-state index in [1.54, 1.807) is 0 Å². The highest BCUT2D eigenvalue weighted by atomic mass is 16.5. The van der Waals surface area contributed by atoms with E-state index in [0.29, 0.717) is 37.7 Å². The van der Waals surface area contributed by atoms with Crippen LogP contribution in [0.2, 0.25) is 0 Å². The van der Waals surface area contributed by atoms with Gasteiger partial charge in [0.2, 0.25) is 0 Å². The second-order valence-electron chi connectivity index (χ2n) is 6.57. The lowest BCUT2D eigenvalue weighted by Crippen LogP contribution is -2.36. The van der Waals surface area contributed by atoms with Gasteiger partial charge in [0.25, 0.3) is 0 Å². The topological polar surface area (TPSA) is 50.7 Å². The minimum Gasteiger partial charge on any atom is -0.389 e. The number of nitrogens with one attached hydrogen (secondary N) is 1. The van der Waals surface area contributed by atoms with Crippen molar-refractivity contribution in [1.29, 1.82) is 0 Å². The fourth-order valence-corrected chi connectivity index (χ4v) is 1.39. The van der Waals surface area contributed by atoms with Crippen molar-refractivity contribution < 1.29 is 14.6 Å². The standard InChI is InChI=1S/C15H33NO3/c1-12(2)19-8-7-18-11-14(17)10-16-9-13(3)15(4,5)6/h12-14,16-17H,7-11H2,1-6H3. The maximum Gasteiger partial charge on any atom is 0.0897 e. The molecule has 0 heterocycles. The van der Waals surface area contributed by atoms with E-state index in [-0.39, 0.29) is 6.10 Å². The first-order chi connectivity index (χ1) is 8.73. The second-order valence-corrected chi connectivity index (χ2v) is 6.57. The molecule has 0 radical (unpaired) electrons. The lowest BCUT2D eigenvalue weighted by atomic mass is 9.82. The highest BCUT2D eigenvalue weighted by molar-refractivity contribution is 4.72. The Labute approximate surface area is 118 Å². The molecule has 0 saturated heterocycles. The summed E-state index contributed by atoms with van der Waals surface area (Å²) in [5.41, 5.74) is 0.294. The predicted molar refractivity (Wildman–Crippen MR) is 79.4 cm³/mol. The van der Waals surface area contributed by atoms with Gasteiger partial charge in [-0.3, -0.25) is 0 Å². The SMILES string of the molecule is CC(C)OCCOCC(O)CNCC(C)C(C)(C)C. The van der Waals surface area contributed by atoms with Gasteiger partial charge in [0, 0.05) is 6.54 Å². The third-order valence-corrected chi connectivity index (χ3v) is 3.30. The number of ether oxygens (including phenoxy) is 2. The molecule has 19 heavy (non-hydrogen) atoms. The Bertz CT molecular complexity index is 214. The van der Waals surface area contributed by atoms with Crippen LogP contribution in [0.1, 0.15) is 41.5 Å². The fraction of sp³-hybridized carbons (Fsp3) is 1.00. The zero-order valence-electron chi connectivity index (χ0n) is 13.5. The molecule has 0 rings (SSSR count). The monoisotopic (exact) mass is 275 g/mol. The van der Waals surface area contributed by atoms with Gasteiger partial charge in [0.05, 0.1) is 32.0 Å². The van der Waals surface area contributed by atoms with Crippen LogP contribution in [0.4, 0.5) is 0 Å². The molecule has 0 aromatic rings. The van der Waals surface area contributed by atoms with Gasteiger partial charge in [-0.25, -0.2) is 0 Å². The number of rotatable bonds is 10. The zero-order valence-corrected chi connectivity index (χ0v) is 13.5. The molecule has 4 heteroatoms. The molecule has 4 nitrogen and oxygen atoms in total. The minimum absolute atomic E-state index is 0.231. The Balaban J connectivity index is 3.47. The first kappa shape index (κ1) is 18.8.